The molecule has 2 aliphatic heterocycles. The van der Waals surface area contributed by atoms with Crippen molar-refractivity contribution in [2.24, 2.45) is 0 Å². The van der Waals surface area contributed by atoms with Gasteiger partial charge in [0.1, 0.15) is 0 Å². The standard InChI is InChI=1S/C12H6N2O4S/c15-8-3-6(11(17)13-8)5-1-2-19-10(5)7-4-9(16)14-12(7)18/h1-4H,(H,13,15,17)(H,14,16,18). The average Bonchev–Trinajstić information content (AvgIpc) is 2.98. The van der Waals surface area contributed by atoms with Crippen LogP contribution in [0.15, 0.2) is 23.6 Å². The van der Waals surface area contributed by atoms with Gasteiger partial charge >= 0.3 is 0 Å². The highest BCUT2D eigenvalue weighted by molar-refractivity contribution is 7.12. The predicted molar refractivity (Wildman–Crippen MR) is 66.6 cm³/mol. The van der Waals surface area contributed by atoms with Crippen LogP contribution in [0.4, 0.5) is 0 Å². The molecule has 0 radical (unpaired) electrons. The second-order valence-electron chi connectivity index (χ2n) is 3.92. The van der Waals surface area contributed by atoms with Gasteiger partial charge in [0.25, 0.3) is 23.6 Å². The third kappa shape index (κ3) is 1.80. The molecule has 0 saturated carbocycles. The molecule has 6 nitrogen and oxygen atoms in total. The number of nitrogens with one attached hydrogen (secondary N) is 2. The first-order valence-electron chi connectivity index (χ1n) is 5.28. The highest BCUT2D eigenvalue weighted by Gasteiger charge is 2.30. The van der Waals surface area contributed by atoms with E-state index in [0.717, 1.165) is 0 Å². The third-order valence-corrected chi connectivity index (χ3v) is 3.66. The third-order valence-electron chi connectivity index (χ3n) is 2.71. The summed E-state index contributed by atoms with van der Waals surface area (Å²) in [6.07, 6.45) is 2.37. The SMILES string of the molecule is O=C1C=C(c2ccsc2C2=CC(=O)NC2=O)C(=O)N1. The van der Waals surface area contributed by atoms with Crippen molar-refractivity contribution in [3.63, 3.8) is 0 Å². The Labute approximate surface area is 110 Å². The van der Waals surface area contributed by atoms with Crippen LogP contribution in [0, 0.1) is 0 Å². The van der Waals surface area contributed by atoms with E-state index in [9.17, 15) is 19.2 Å². The molecular weight excluding hydrogens is 268 g/mol. The lowest BCUT2D eigenvalue weighted by molar-refractivity contribution is -0.124. The first-order chi connectivity index (χ1) is 9.06. The highest BCUT2D eigenvalue weighted by Crippen LogP contribution is 2.33. The summed E-state index contributed by atoms with van der Waals surface area (Å²) in [5, 5.41) is 5.98. The molecule has 4 amide bonds. The number of imide groups is 2. The van der Waals surface area contributed by atoms with E-state index in [1.54, 1.807) is 11.4 Å². The Balaban J connectivity index is 2.10. The molecule has 0 aromatic carbocycles. The number of carbonyl (C=O) groups excluding carboxylic acids is 4. The molecule has 1 aromatic rings. The van der Waals surface area contributed by atoms with Crippen molar-refractivity contribution in [3.05, 3.63) is 34.0 Å². The number of carbonyl (C=O) groups is 4. The van der Waals surface area contributed by atoms with Gasteiger partial charge in [0.2, 0.25) is 0 Å². The lowest BCUT2D eigenvalue weighted by Crippen LogP contribution is -2.22. The fourth-order valence-electron chi connectivity index (χ4n) is 1.92. The van der Waals surface area contributed by atoms with Crippen LogP contribution in [0.25, 0.3) is 11.1 Å². The smallest absolute Gasteiger partial charge is 0.259 e. The lowest BCUT2D eigenvalue weighted by Gasteiger charge is -2.02. The second-order valence-corrected chi connectivity index (χ2v) is 4.83. The van der Waals surface area contributed by atoms with Gasteiger partial charge in [-0.15, -0.1) is 11.3 Å². The van der Waals surface area contributed by atoms with Gasteiger partial charge < -0.3 is 0 Å². The fraction of sp³-hybridized carbons (Fsp3) is 0. The molecule has 19 heavy (non-hydrogen) atoms. The summed E-state index contributed by atoms with van der Waals surface area (Å²) in [6, 6.07) is 1.64. The zero-order valence-electron chi connectivity index (χ0n) is 9.35. The molecule has 0 aliphatic carbocycles. The summed E-state index contributed by atoms with van der Waals surface area (Å²) in [5.41, 5.74) is 0.891. The normalized spacial score (nSPS) is 18.3. The minimum absolute atomic E-state index is 0.203. The quantitative estimate of drug-likeness (QED) is 0.732. The average molecular weight is 274 g/mol. The van der Waals surface area contributed by atoms with Gasteiger partial charge in [0, 0.05) is 22.6 Å². The van der Waals surface area contributed by atoms with Crippen molar-refractivity contribution in [1.29, 1.82) is 0 Å². The van der Waals surface area contributed by atoms with E-state index in [0.29, 0.717) is 10.4 Å². The van der Waals surface area contributed by atoms with Crippen molar-refractivity contribution < 1.29 is 19.2 Å². The van der Waals surface area contributed by atoms with E-state index < -0.39 is 23.6 Å². The molecule has 3 heterocycles. The van der Waals surface area contributed by atoms with Crippen LogP contribution in [0.1, 0.15) is 10.4 Å². The number of thiophene rings is 1. The summed E-state index contributed by atoms with van der Waals surface area (Å²) in [6.45, 7) is 0. The molecule has 0 unspecified atom stereocenters. The molecule has 1 aromatic heterocycles. The molecule has 0 spiro atoms. The Morgan fingerprint density at radius 1 is 0.842 bits per heavy atom. The van der Waals surface area contributed by atoms with Crippen LogP contribution in [-0.4, -0.2) is 23.6 Å². The van der Waals surface area contributed by atoms with E-state index >= 15 is 0 Å². The predicted octanol–water partition coefficient (Wildman–Crippen LogP) is -0.172. The Bertz CT molecular complexity index is 653. The van der Waals surface area contributed by atoms with E-state index in [4.69, 9.17) is 0 Å². The van der Waals surface area contributed by atoms with Crippen molar-refractivity contribution in [2.45, 2.75) is 0 Å². The largest absolute Gasteiger partial charge is 0.289 e. The molecule has 94 valence electrons. The lowest BCUT2D eigenvalue weighted by atomic mass is 10.0. The van der Waals surface area contributed by atoms with Gasteiger partial charge in [-0.3, -0.25) is 29.8 Å². The molecule has 0 fully saturated rings. The summed E-state index contributed by atoms with van der Waals surface area (Å²) in [5.74, 6) is -1.98. The van der Waals surface area contributed by atoms with Gasteiger partial charge in [-0.05, 0) is 11.4 Å². The zero-order valence-corrected chi connectivity index (χ0v) is 10.2. The van der Waals surface area contributed by atoms with E-state index in [-0.39, 0.29) is 11.1 Å². The van der Waals surface area contributed by atoms with Crippen LogP contribution < -0.4 is 10.6 Å². The van der Waals surface area contributed by atoms with E-state index in [1.807, 2.05) is 0 Å². The number of hydrogen-bond acceptors (Lipinski definition) is 5. The molecule has 0 saturated heterocycles. The van der Waals surface area contributed by atoms with Gasteiger partial charge in [-0.2, -0.15) is 0 Å². The Hall–Kier alpha value is -2.54. The topological polar surface area (TPSA) is 92.3 Å². The Morgan fingerprint density at radius 2 is 1.42 bits per heavy atom. The van der Waals surface area contributed by atoms with Crippen molar-refractivity contribution in [1.82, 2.24) is 10.6 Å². The summed E-state index contributed by atoms with van der Waals surface area (Å²) >= 11 is 1.23. The summed E-state index contributed by atoms with van der Waals surface area (Å²) in [7, 11) is 0. The second kappa shape index (κ2) is 3.99. The highest BCUT2D eigenvalue weighted by atomic mass is 32.1. The molecule has 3 rings (SSSR count). The van der Waals surface area contributed by atoms with Crippen LogP contribution in [-0.2, 0) is 19.2 Å². The minimum Gasteiger partial charge on any atom is -0.289 e. The molecule has 2 N–H and O–H groups in total. The maximum Gasteiger partial charge on any atom is 0.259 e. The number of amides is 4. The first-order valence-corrected chi connectivity index (χ1v) is 6.16. The first kappa shape index (κ1) is 11.5. The van der Waals surface area contributed by atoms with Crippen LogP contribution >= 0.6 is 11.3 Å². The summed E-state index contributed by atoms with van der Waals surface area (Å²) < 4.78 is 0. The van der Waals surface area contributed by atoms with Crippen molar-refractivity contribution >= 4 is 46.1 Å². The van der Waals surface area contributed by atoms with Crippen molar-refractivity contribution in [3.8, 4) is 0 Å². The molecular formula is C12H6N2O4S. The zero-order chi connectivity index (χ0) is 13.6. The molecule has 0 bridgehead atoms. The Morgan fingerprint density at radius 3 is 1.95 bits per heavy atom. The number of hydrogen-bond donors (Lipinski definition) is 2. The van der Waals surface area contributed by atoms with E-state index in [1.165, 1.54) is 23.5 Å². The number of rotatable bonds is 2. The monoisotopic (exact) mass is 274 g/mol. The molecule has 7 heteroatoms. The summed E-state index contributed by atoms with van der Waals surface area (Å²) in [4.78, 5) is 46.0. The van der Waals surface area contributed by atoms with E-state index in [2.05, 4.69) is 10.6 Å². The molecule has 0 atom stereocenters. The van der Waals surface area contributed by atoms with Crippen LogP contribution in [0.2, 0.25) is 0 Å². The van der Waals surface area contributed by atoms with Gasteiger partial charge in [-0.25, -0.2) is 0 Å². The minimum atomic E-state index is -0.505. The maximum atomic E-state index is 11.6. The van der Waals surface area contributed by atoms with Gasteiger partial charge in [-0.1, -0.05) is 0 Å². The Kier molecular flexibility index (Phi) is 2.42. The maximum absolute atomic E-state index is 11.6. The van der Waals surface area contributed by atoms with Crippen LogP contribution in [0.5, 0.6) is 0 Å². The van der Waals surface area contributed by atoms with Gasteiger partial charge in [0.05, 0.1) is 11.1 Å². The molecule has 2 aliphatic rings. The fourth-order valence-corrected chi connectivity index (χ4v) is 2.85. The van der Waals surface area contributed by atoms with Crippen LogP contribution in [0.3, 0.4) is 0 Å². The van der Waals surface area contributed by atoms with Crippen molar-refractivity contribution in [2.75, 3.05) is 0 Å². The van der Waals surface area contributed by atoms with Gasteiger partial charge in [0.15, 0.2) is 0 Å².